The molecule has 0 aliphatic heterocycles. The zero-order valence-electron chi connectivity index (χ0n) is 13.1. The Balaban J connectivity index is 1.46. The molecule has 1 fully saturated rings. The maximum absolute atomic E-state index is 12.1. The third kappa shape index (κ3) is 4.32. The number of ether oxygens (including phenoxy) is 1. The molecule has 0 aromatic heterocycles. The summed E-state index contributed by atoms with van der Waals surface area (Å²) in [5.74, 6) is -1.32. The van der Waals surface area contributed by atoms with Gasteiger partial charge < -0.3 is 15.4 Å². The van der Waals surface area contributed by atoms with Crippen LogP contribution in [0.2, 0.25) is 0 Å². The number of rotatable bonds is 6. The van der Waals surface area contributed by atoms with E-state index in [0.29, 0.717) is 5.56 Å². The Morgan fingerprint density at radius 3 is 2.54 bits per heavy atom. The topological polar surface area (TPSA) is 84.5 Å². The average Bonchev–Trinajstić information content (AvgIpc) is 3.41. The Morgan fingerprint density at radius 1 is 1.04 bits per heavy atom. The van der Waals surface area contributed by atoms with E-state index in [1.165, 1.54) is 0 Å². The molecule has 2 amide bonds. The van der Waals surface area contributed by atoms with Crippen LogP contribution in [0.5, 0.6) is 0 Å². The lowest BCUT2D eigenvalue weighted by Crippen LogP contribution is -2.34. The number of benzene rings is 2. The molecule has 124 valence electrons. The monoisotopic (exact) mass is 326 g/mol. The number of carbonyl (C=O) groups excluding carboxylic acids is 3. The number of fused-ring (bicyclic) bond motifs is 1. The van der Waals surface area contributed by atoms with Gasteiger partial charge in [-0.3, -0.25) is 14.4 Å². The fourth-order valence-corrected chi connectivity index (χ4v) is 2.28. The van der Waals surface area contributed by atoms with Crippen LogP contribution in [0.3, 0.4) is 0 Å². The molecular weight excluding hydrogens is 308 g/mol. The van der Waals surface area contributed by atoms with Gasteiger partial charge in [0.1, 0.15) is 6.54 Å². The summed E-state index contributed by atoms with van der Waals surface area (Å²) in [5.41, 5.74) is 0.466. The van der Waals surface area contributed by atoms with E-state index in [-0.39, 0.29) is 31.0 Å². The molecule has 0 atom stereocenters. The first-order valence-corrected chi connectivity index (χ1v) is 7.84. The van der Waals surface area contributed by atoms with Gasteiger partial charge in [-0.25, -0.2) is 0 Å². The molecule has 0 bridgehead atoms. The first kappa shape index (κ1) is 16.0. The summed E-state index contributed by atoms with van der Waals surface area (Å²) in [6, 6.07) is 13.2. The van der Waals surface area contributed by atoms with Crippen molar-refractivity contribution in [1.82, 2.24) is 10.6 Å². The van der Waals surface area contributed by atoms with Crippen molar-refractivity contribution in [2.75, 3.05) is 13.2 Å². The average molecular weight is 326 g/mol. The zero-order valence-corrected chi connectivity index (χ0v) is 13.1. The van der Waals surface area contributed by atoms with Crippen molar-refractivity contribution >= 4 is 28.6 Å². The molecule has 0 radical (unpaired) electrons. The molecule has 0 unspecified atom stereocenters. The Hall–Kier alpha value is -2.89. The van der Waals surface area contributed by atoms with E-state index in [0.717, 1.165) is 23.6 Å². The molecule has 1 aliphatic rings. The summed E-state index contributed by atoms with van der Waals surface area (Å²) in [5, 5.41) is 7.19. The predicted octanol–water partition coefficient (Wildman–Crippen LogP) is 1.39. The second kappa shape index (κ2) is 7.12. The lowest BCUT2D eigenvalue weighted by molar-refractivity contribution is -0.147. The van der Waals surface area contributed by atoms with E-state index in [2.05, 4.69) is 10.6 Å². The standard InChI is InChI=1S/C18H18N2O4/c21-16(20-15-7-8-15)11-24-17(22)10-19-18(23)14-6-5-12-3-1-2-4-13(12)9-14/h1-6,9,15H,7-8,10-11H2,(H,19,23)(H,20,21). The van der Waals surface area contributed by atoms with E-state index in [4.69, 9.17) is 4.74 Å². The first-order chi connectivity index (χ1) is 11.6. The Morgan fingerprint density at radius 2 is 1.79 bits per heavy atom. The molecule has 1 aliphatic carbocycles. The molecule has 6 nitrogen and oxygen atoms in total. The van der Waals surface area contributed by atoms with Gasteiger partial charge in [0.15, 0.2) is 6.61 Å². The third-order valence-corrected chi connectivity index (χ3v) is 3.71. The van der Waals surface area contributed by atoms with Crippen LogP contribution in [-0.2, 0) is 14.3 Å². The van der Waals surface area contributed by atoms with Gasteiger partial charge in [0.25, 0.3) is 11.8 Å². The van der Waals surface area contributed by atoms with Crippen LogP contribution in [0.15, 0.2) is 42.5 Å². The second-order valence-corrected chi connectivity index (χ2v) is 5.75. The van der Waals surface area contributed by atoms with Crippen molar-refractivity contribution in [3.05, 3.63) is 48.0 Å². The van der Waals surface area contributed by atoms with Gasteiger partial charge in [0.05, 0.1) is 0 Å². The molecule has 1 saturated carbocycles. The largest absolute Gasteiger partial charge is 0.454 e. The normalized spacial score (nSPS) is 13.3. The molecule has 6 heteroatoms. The van der Waals surface area contributed by atoms with Crippen LogP contribution < -0.4 is 10.6 Å². The highest BCUT2D eigenvalue weighted by atomic mass is 16.5. The van der Waals surface area contributed by atoms with Crippen molar-refractivity contribution in [3.8, 4) is 0 Å². The maximum Gasteiger partial charge on any atom is 0.325 e. The first-order valence-electron chi connectivity index (χ1n) is 7.84. The SMILES string of the molecule is O=C(COC(=O)CNC(=O)c1ccc2ccccc2c1)NC1CC1. The highest BCUT2D eigenvalue weighted by molar-refractivity contribution is 5.99. The lowest BCUT2D eigenvalue weighted by atomic mass is 10.1. The number of hydrogen-bond acceptors (Lipinski definition) is 4. The second-order valence-electron chi connectivity index (χ2n) is 5.75. The molecule has 0 saturated heterocycles. The fraction of sp³-hybridized carbons (Fsp3) is 0.278. The van der Waals surface area contributed by atoms with Gasteiger partial charge >= 0.3 is 5.97 Å². The highest BCUT2D eigenvalue weighted by Crippen LogP contribution is 2.18. The van der Waals surface area contributed by atoms with E-state index >= 15 is 0 Å². The van der Waals surface area contributed by atoms with Crippen LogP contribution in [0.25, 0.3) is 10.8 Å². The molecule has 0 spiro atoms. The summed E-state index contributed by atoms with van der Waals surface area (Å²) in [6.07, 6.45) is 1.95. The minimum atomic E-state index is -0.643. The van der Waals surface area contributed by atoms with Gasteiger partial charge in [-0.2, -0.15) is 0 Å². The van der Waals surface area contributed by atoms with Crippen molar-refractivity contribution in [2.45, 2.75) is 18.9 Å². The highest BCUT2D eigenvalue weighted by Gasteiger charge is 2.23. The van der Waals surface area contributed by atoms with Crippen LogP contribution in [0.1, 0.15) is 23.2 Å². The summed E-state index contributed by atoms with van der Waals surface area (Å²) < 4.78 is 4.82. The van der Waals surface area contributed by atoms with Crippen molar-refractivity contribution < 1.29 is 19.1 Å². The third-order valence-electron chi connectivity index (χ3n) is 3.71. The van der Waals surface area contributed by atoms with E-state index in [1.54, 1.807) is 12.1 Å². The number of esters is 1. The molecule has 2 aromatic rings. The molecule has 0 heterocycles. The van der Waals surface area contributed by atoms with E-state index < -0.39 is 5.97 Å². The Bertz CT molecular complexity index is 783. The van der Waals surface area contributed by atoms with Gasteiger partial charge in [-0.1, -0.05) is 30.3 Å². The number of amides is 2. The molecule has 24 heavy (non-hydrogen) atoms. The molecule has 3 rings (SSSR count). The Labute approximate surface area is 139 Å². The predicted molar refractivity (Wildman–Crippen MR) is 88.4 cm³/mol. The van der Waals surface area contributed by atoms with Crippen LogP contribution in [0.4, 0.5) is 0 Å². The molecular formula is C18H18N2O4. The quantitative estimate of drug-likeness (QED) is 0.786. The van der Waals surface area contributed by atoms with Crippen LogP contribution >= 0.6 is 0 Å². The van der Waals surface area contributed by atoms with Crippen LogP contribution in [-0.4, -0.2) is 37.0 Å². The van der Waals surface area contributed by atoms with Gasteiger partial charge in [0, 0.05) is 11.6 Å². The molecule has 2 aromatic carbocycles. The maximum atomic E-state index is 12.1. The minimum absolute atomic E-state index is 0.226. The zero-order chi connectivity index (χ0) is 16.9. The van der Waals surface area contributed by atoms with Crippen molar-refractivity contribution in [1.29, 1.82) is 0 Å². The van der Waals surface area contributed by atoms with Crippen molar-refractivity contribution in [3.63, 3.8) is 0 Å². The summed E-state index contributed by atoms with van der Waals surface area (Å²) in [7, 11) is 0. The smallest absolute Gasteiger partial charge is 0.325 e. The van der Waals surface area contributed by atoms with E-state index in [1.807, 2.05) is 30.3 Å². The number of nitrogens with one attached hydrogen (secondary N) is 2. The van der Waals surface area contributed by atoms with E-state index in [9.17, 15) is 14.4 Å². The fourth-order valence-electron chi connectivity index (χ4n) is 2.28. The van der Waals surface area contributed by atoms with Crippen molar-refractivity contribution in [2.24, 2.45) is 0 Å². The Kier molecular flexibility index (Phi) is 4.74. The minimum Gasteiger partial charge on any atom is -0.454 e. The van der Waals surface area contributed by atoms with Crippen LogP contribution in [0, 0.1) is 0 Å². The lowest BCUT2D eigenvalue weighted by Gasteiger charge is -2.07. The summed E-state index contributed by atoms with van der Waals surface area (Å²) in [4.78, 5) is 35.1. The van der Waals surface area contributed by atoms with Gasteiger partial charge in [0.2, 0.25) is 0 Å². The summed E-state index contributed by atoms with van der Waals surface area (Å²) in [6.45, 7) is -0.594. The van der Waals surface area contributed by atoms with Gasteiger partial charge in [-0.15, -0.1) is 0 Å². The van der Waals surface area contributed by atoms with Gasteiger partial charge in [-0.05, 0) is 35.7 Å². The number of carbonyl (C=O) groups is 3. The summed E-state index contributed by atoms with van der Waals surface area (Å²) >= 11 is 0. The molecule has 2 N–H and O–H groups in total. The number of hydrogen-bond donors (Lipinski definition) is 2.